The van der Waals surface area contributed by atoms with Crippen molar-refractivity contribution in [2.24, 2.45) is 5.92 Å². The number of carboxylic acid groups (broad SMARTS) is 1. The van der Waals surface area contributed by atoms with Crippen LogP contribution in [0, 0.1) is 5.92 Å². The van der Waals surface area contributed by atoms with Gasteiger partial charge in [0, 0.05) is 19.1 Å². The maximum Gasteiger partial charge on any atom is 0.410 e. The molecule has 1 aliphatic heterocycles. The third kappa shape index (κ3) is 5.10. The van der Waals surface area contributed by atoms with Gasteiger partial charge in [0.05, 0.1) is 0 Å². The molecule has 0 aliphatic carbocycles. The Balaban J connectivity index is 1.69. The molecule has 5 nitrogen and oxygen atoms in total. The molecule has 1 fully saturated rings. The smallest absolute Gasteiger partial charge is 0.410 e. The van der Waals surface area contributed by atoms with Gasteiger partial charge in [-0.2, -0.15) is 0 Å². The standard InChI is InChI=1S/C16H21NO4/c18-15(19)7-6-13-8-10-17(11-9-13)16(20)21-12-14-4-2-1-3-5-14/h1-5,13H,6-12H2,(H,18,19)/p-1. The lowest BCUT2D eigenvalue weighted by molar-refractivity contribution is -0.306. The molecule has 1 amide bonds. The minimum atomic E-state index is -1.00. The molecule has 0 N–H and O–H groups in total. The largest absolute Gasteiger partial charge is 0.550 e. The summed E-state index contributed by atoms with van der Waals surface area (Å²) >= 11 is 0. The fraction of sp³-hybridized carbons (Fsp3) is 0.500. The fourth-order valence-corrected chi connectivity index (χ4v) is 2.54. The van der Waals surface area contributed by atoms with Crippen LogP contribution in [-0.4, -0.2) is 30.1 Å². The number of benzene rings is 1. The highest BCUT2D eigenvalue weighted by Gasteiger charge is 2.23. The van der Waals surface area contributed by atoms with E-state index in [-0.39, 0.29) is 19.1 Å². The molecule has 0 atom stereocenters. The van der Waals surface area contributed by atoms with Gasteiger partial charge in [0.25, 0.3) is 0 Å². The highest BCUT2D eigenvalue weighted by Crippen LogP contribution is 2.22. The summed E-state index contributed by atoms with van der Waals surface area (Å²) in [5.74, 6) is -0.638. The van der Waals surface area contributed by atoms with Gasteiger partial charge in [-0.05, 0) is 37.2 Å². The molecule has 0 radical (unpaired) electrons. The molecule has 114 valence electrons. The van der Waals surface area contributed by atoms with Gasteiger partial charge in [0.15, 0.2) is 0 Å². The van der Waals surface area contributed by atoms with Crippen LogP contribution in [0.25, 0.3) is 0 Å². The number of hydrogen-bond donors (Lipinski definition) is 0. The molecule has 0 spiro atoms. The molecule has 0 aromatic heterocycles. The van der Waals surface area contributed by atoms with Gasteiger partial charge in [-0.3, -0.25) is 0 Å². The molecule has 1 saturated heterocycles. The number of likely N-dealkylation sites (tertiary alicyclic amines) is 1. The van der Waals surface area contributed by atoms with Crippen molar-refractivity contribution in [3.8, 4) is 0 Å². The maximum atomic E-state index is 11.9. The predicted octanol–water partition coefficient (Wildman–Crippen LogP) is 1.57. The molecule has 1 aromatic carbocycles. The van der Waals surface area contributed by atoms with Gasteiger partial charge >= 0.3 is 6.09 Å². The monoisotopic (exact) mass is 290 g/mol. The minimum Gasteiger partial charge on any atom is -0.550 e. The number of carboxylic acids is 1. The predicted molar refractivity (Wildman–Crippen MR) is 75.2 cm³/mol. The molecule has 0 bridgehead atoms. The van der Waals surface area contributed by atoms with E-state index < -0.39 is 5.97 Å². The Kier molecular flexibility index (Phi) is 5.60. The number of aliphatic carboxylic acids is 1. The summed E-state index contributed by atoms with van der Waals surface area (Å²) in [5.41, 5.74) is 0.967. The quantitative estimate of drug-likeness (QED) is 0.825. The summed E-state index contributed by atoms with van der Waals surface area (Å²) in [6.07, 6.45) is 2.09. The van der Waals surface area contributed by atoms with Crippen molar-refractivity contribution in [3.63, 3.8) is 0 Å². The average Bonchev–Trinajstić information content (AvgIpc) is 2.52. The minimum absolute atomic E-state index is 0.100. The molecule has 1 aromatic rings. The molecular formula is C16H20NO4-. The first-order valence-electron chi connectivity index (χ1n) is 7.30. The van der Waals surface area contributed by atoms with Crippen LogP contribution in [-0.2, 0) is 16.1 Å². The second-order valence-corrected chi connectivity index (χ2v) is 5.38. The lowest BCUT2D eigenvalue weighted by atomic mass is 9.92. The van der Waals surface area contributed by atoms with Gasteiger partial charge in [-0.1, -0.05) is 30.3 Å². The van der Waals surface area contributed by atoms with Crippen LogP contribution in [0.2, 0.25) is 0 Å². The molecule has 1 heterocycles. The van der Waals surface area contributed by atoms with Crippen molar-refractivity contribution in [1.29, 1.82) is 0 Å². The van der Waals surface area contributed by atoms with Crippen molar-refractivity contribution in [3.05, 3.63) is 35.9 Å². The Bertz CT molecular complexity index is 466. The van der Waals surface area contributed by atoms with Crippen LogP contribution in [0.3, 0.4) is 0 Å². The zero-order valence-corrected chi connectivity index (χ0v) is 12.0. The average molecular weight is 290 g/mol. The van der Waals surface area contributed by atoms with E-state index in [4.69, 9.17) is 4.74 Å². The Hall–Kier alpha value is -2.04. The Morgan fingerprint density at radius 1 is 1.19 bits per heavy atom. The van der Waals surface area contributed by atoms with Crippen molar-refractivity contribution in [2.75, 3.05) is 13.1 Å². The van der Waals surface area contributed by atoms with Crippen molar-refractivity contribution < 1.29 is 19.4 Å². The van der Waals surface area contributed by atoms with Crippen molar-refractivity contribution in [2.45, 2.75) is 32.3 Å². The molecule has 5 heteroatoms. The van der Waals surface area contributed by atoms with E-state index in [9.17, 15) is 14.7 Å². The molecule has 2 rings (SSSR count). The number of rotatable bonds is 5. The van der Waals surface area contributed by atoms with Gasteiger partial charge in [0.1, 0.15) is 6.61 Å². The van der Waals surface area contributed by atoms with E-state index in [2.05, 4.69) is 0 Å². The summed E-state index contributed by atoms with van der Waals surface area (Å²) in [5, 5.41) is 10.4. The lowest BCUT2D eigenvalue weighted by Gasteiger charge is -2.31. The summed E-state index contributed by atoms with van der Waals surface area (Å²) in [6.45, 7) is 1.54. The number of nitrogens with zero attached hydrogens (tertiary/aromatic N) is 1. The van der Waals surface area contributed by atoms with E-state index in [1.807, 2.05) is 30.3 Å². The molecule has 0 unspecified atom stereocenters. The van der Waals surface area contributed by atoms with Crippen LogP contribution in [0.5, 0.6) is 0 Å². The first-order valence-corrected chi connectivity index (χ1v) is 7.30. The van der Waals surface area contributed by atoms with Crippen LogP contribution in [0.15, 0.2) is 30.3 Å². The fourth-order valence-electron chi connectivity index (χ4n) is 2.54. The van der Waals surface area contributed by atoms with E-state index in [1.165, 1.54) is 0 Å². The third-order valence-corrected chi connectivity index (χ3v) is 3.83. The summed E-state index contributed by atoms with van der Waals surface area (Å²) in [7, 11) is 0. The first-order chi connectivity index (χ1) is 10.1. The summed E-state index contributed by atoms with van der Waals surface area (Å²) in [6, 6.07) is 9.57. The van der Waals surface area contributed by atoms with E-state index in [1.54, 1.807) is 4.90 Å². The highest BCUT2D eigenvalue weighted by atomic mass is 16.6. The normalized spacial score (nSPS) is 15.7. The Labute approximate surface area is 124 Å². The van der Waals surface area contributed by atoms with Crippen LogP contribution < -0.4 is 5.11 Å². The number of piperidine rings is 1. The zero-order chi connectivity index (χ0) is 15.1. The third-order valence-electron chi connectivity index (χ3n) is 3.83. The number of carbonyl (C=O) groups excluding carboxylic acids is 2. The van der Waals surface area contributed by atoms with Crippen molar-refractivity contribution >= 4 is 12.1 Å². The van der Waals surface area contributed by atoms with E-state index >= 15 is 0 Å². The molecule has 1 aliphatic rings. The van der Waals surface area contributed by atoms with E-state index in [0.717, 1.165) is 18.4 Å². The molecular weight excluding hydrogens is 270 g/mol. The topological polar surface area (TPSA) is 69.7 Å². The Morgan fingerprint density at radius 3 is 2.48 bits per heavy atom. The molecule has 21 heavy (non-hydrogen) atoms. The second-order valence-electron chi connectivity index (χ2n) is 5.38. The lowest BCUT2D eigenvalue weighted by Crippen LogP contribution is -2.39. The number of hydrogen-bond acceptors (Lipinski definition) is 4. The van der Waals surface area contributed by atoms with Gasteiger partial charge in [0.2, 0.25) is 0 Å². The van der Waals surface area contributed by atoms with Gasteiger partial charge in [-0.15, -0.1) is 0 Å². The van der Waals surface area contributed by atoms with Gasteiger partial charge in [-0.25, -0.2) is 4.79 Å². The number of carbonyl (C=O) groups is 2. The second kappa shape index (κ2) is 7.67. The van der Waals surface area contributed by atoms with Crippen LogP contribution >= 0.6 is 0 Å². The maximum absolute atomic E-state index is 11.9. The Morgan fingerprint density at radius 2 is 1.86 bits per heavy atom. The van der Waals surface area contributed by atoms with Crippen LogP contribution in [0.4, 0.5) is 4.79 Å². The first kappa shape index (κ1) is 15.4. The zero-order valence-electron chi connectivity index (χ0n) is 12.0. The summed E-state index contributed by atoms with van der Waals surface area (Å²) in [4.78, 5) is 24.1. The SMILES string of the molecule is O=C([O-])CCC1CCN(C(=O)OCc2ccccc2)CC1. The molecule has 0 saturated carbocycles. The van der Waals surface area contributed by atoms with Gasteiger partial charge < -0.3 is 19.5 Å². The number of amides is 1. The summed E-state index contributed by atoms with van der Waals surface area (Å²) < 4.78 is 5.28. The highest BCUT2D eigenvalue weighted by molar-refractivity contribution is 5.67. The van der Waals surface area contributed by atoms with Crippen molar-refractivity contribution in [1.82, 2.24) is 4.90 Å². The van der Waals surface area contributed by atoms with E-state index in [0.29, 0.717) is 25.4 Å². The number of ether oxygens (including phenoxy) is 1. The van der Waals surface area contributed by atoms with Crippen LogP contribution in [0.1, 0.15) is 31.2 Å².